The molecular weight excluding hydrogens is 290 g/mol. The smallest absolute Gasteiger partial charge is 0.274 e. The molecule has 2 aromatic rings. The van der Waals surface area contributed by atoms with Gasteiger partial charge in [-0.15, -0.1) is 0 Å². The lowest BCUT2D eigenvalue weighted by atomic mass is 10.2. The second-order valence-corrected chi connectivity index (χ2v) is 4.94. The van der Waals surface area contributed by atoms with Crippen molar-refractivity contribution >= 4 is 28.9 Å². The van der Waals surface area contributed by atoms with Gasteiger partial charge < -0.3 is 15.3 Å². The Morgan fingerprint density at radius 1 is 1.29 bits per heavy atom. The van der Waals surface area contributed by atoms with Crippen LogP contribution in [0.5, 0.6) is 0 Å². The summed E-state index contributed by atoms with van der Waals surface area (Å²) in [6.45, 7) is 0.650. The number of hydrogen-bond donors (Lipinski definition) is 2. The number of nitrogens with zero attached hydrogens (tertiary/aromatic N) is 2. The summed E-state index contributed by atoms with van der Waals surface area (Å²) in [6.07, 6.45) is 1.43. The van der Waals surface area contributed by atoms with Gasteiger partial charge in [0, 0.05) is 31.2 Å². The Morgan fingerprint density at radius 3 is 2.57 bits per heavy atom. The van der Waals surface area contributed by atoms with Crippen molar-refractivity contribution < 1.29 is 9.90 Å². The lowest BCUT2D eigenvalue weighted by Gasteiger charge is -2.18. The SMILES string of the molecule is CN(CCO)c1ccc(NC(=O)c2ccc(Cl)cn2)cc1. The van der Waals surface area contributed by atoms with E-state index >= 15 is 0 Å². The summed E-state index contributed by atoms with van der Waals surface area (Å²) in [7, 11) is 1.89. The molecule has 0 bridgehead atoms. The summed E-state index contributed by atoms with van der Waals surface area (Å²) < 4.78 is 0. The van der Waals surface area contributed by atoms with Crippen molar-refractivity contribution in [2.75, 3.05) is 30.4 Å². The van der Waals surface area contributed by atoms with Crippen molar-refractivity contribution in [2.45, 2.75) is 0 Å². The lowest BCUT2D eigenvalue weighted by Crippen LogP contribution is -2.21. The van der Waals surface area contributed by atoms with Gasteiger partial charge in [-0.05, 0) is 36.4 Å². The molecule has 2 N–H and O–H groups in total. The molecule has 2 rings (SSSR count). The predicted molar refractivity (Wildman–Crippen MR) is 84.0 cm³/mol. The van der Waals surface area contributed by atoms with E-state index < -0.39 is 0 Å². The highest BCUT2D eigenvalue weighted by atomic mass is 35.5. The number of halogens is 1. The molecule has 0 spiro atoms. The zero-order valence-electron chi connectivity index (χ0n) is 11.6. The van der Waals surface area contributed by atoms with Gasteiger partial charge >= 0.3 is 0 Å². The summed E-state index contributed by atoms with van der Waals surface area (Å²) in [5.74, 6) is -0.289. The second-order valence-electron chi connectivity index (χ2n) is 4.51. The van der Waals surface area contributed by atoms with Crippen LogP contribution >= 0.6 is 11.6 Å². The third kappa shape index (κ3) is 4.18. The topological polar surface area (TPSA) is 65.5 Å². The Labute approximate surface area is 128 Å². The van der Waals surface area contributed by atoms with Gasteiger partial charge in [-0.1, -0.05) is 11.6 Å². The maximum atomic E-state index is 12.0. The Balaban J connectivity index is 2.03. The van der Waals surface area contributed by atoms with Gasteiger partial charge in [0.05, 0.1) is 11.6 Å². The fourth-order valence-corrected chi connectivity index (χ4v) is 1.90. The standard InChI is InChI=1S/C15H16ClN3O2/c1-19(8-9-20)13-5-3-12(4-6-13)18-15(21)14-7-2-11(16)10-17-14/h2-7,10,20H,8-9H2,1H3,(H,18,21). The van der Waals surface area contributed by atoms with Crippen LogP contribution in [0.15, 0.2) is 42.6 Å². The van der Waals surface area contributed by atoms with Crippen molar-refractivity contribution in [2.24, 2.45) is 0 Å². The third-order valence-electron chi connectivity index (χ3n) is 2.96. The minimum Gasteiger partial charge on any atom is -0.395 e. The van der Waals surface area contributed by atoms with Gasteiger partial charge in [0.1, 0.15) is 5.69 Å². The fraction of sp³-hybridized carbons (Fsp3) is 0.200. The first-order chi connectivity index (χ1) is 10.1. The van der Waals surface area contributed by atoms with Gasteiger partial charge in [0.2, 0.25) is 0 Å². The molecule has 0 saturated heterocycles. The molecule has 0 unspecified atom stereocenters. The summed E-state index contributed by atoms with van der Waals surface area (Å²) in [5.41, 5.74) is 1.95. The molecule has 0 aliphatic heterocycles. The number of carbonyl (C=O) groups is 1. The first-order valence-corrected chi connectivity index (χ1v) is 6.83. The van der Waals surface area contributed by atoms with Crippen LogP contribution in [0, 0.1) is 0 Å². The number of amides is 1. The van der Waals surface area contributed by atoms with Crippen LogP contribution < -0.4 is 10.2 Å². The van der Waals surface area contributed by atoms with Gasteiger partial charge in [-0.2, -0.15) is 0 Å². The summed E-state index contributed by atoms with van der Waals surface area (Å²) in [5, 5.41) is 12.2. The molecule has 110 valence electrons. The minimum absolute atomic E-state index is 0.0945. The molecule has 0 fully saturated rings. The van der Waals surface area contributed by atoms with E-state index in [1.54, 1.807) is 24.3 Å². The van der Waals surface area contributed by atoms with Gasteiger partial charge in [0.15, 0.2) is 0 Å². The van der Waals surface area contributed by atoms with Crippen LogP contribution in [0.2, 0.25) is 5.02 Å². The van der Waals surface area contributed by atoms with Crippen LogP contribution in [-0.4, -0.2) is 36.2 Å². The van der Waals surface area contributed by atoms with Crippen LogP contribution in [-0.2, 0) is 0 Å². The van der Waals surface area contributed by atoms with E-state index in [1.165, 1.54) is 6.20 Å². The molecule has 1 aromatic carbocycles. The van der Waals surface area contributed by atoms with Gasteiger partial charge in [-0.25, -0.2) is 4.98 Å². The second kappa shape index (κ2) is 7.06. The molecule has 0 atom stereocenters. The van der Waals surface area contributed by atoms with E-state index in [0.29, 0.717) is 22.9 Å². The van der Waals surface area contributed by atoms with E-state index in [4.69, 9.17) is 16.7 Å². The zero-order chi connectivity index (χ0) is 15.2. The zero-order valence-corrected chi connectivity index (χ0v) is 12.3. The van der Waals surface area contributed by atoms with E-state index in [9.17, 15) is 4.79 Å². The quantitative estimate of drug-likeness (QED) is 0.890. The number of benzene rings is 1. The molecule has 1 aromatic heterocycles. The molecule has 6 heteroatoms. The largest absolute Gasteiger partial charge is 0.395 e. The number of nitrogens with one attached hydrogen (secondary N) is 1. The molecule has 0 aliphatic rings. The van der Waals surface area contributed by atoms with Crippen LogP contribution in [0.25, 0.3) is 0 Å². The summed E-state index contributed by atoms with van der Waals surface area (Å²) in [6, 6.07) is 10.5. The number of hydrogen-bond acceptors (Lipinski definition) is 4. The molecule has 5 nitrogen and oxygen atoms in total. The monoisotopic (exact) mass is 305 g/mol. The number of aliphatic hydroxyl groups excluding tert-OH is 1. The van der Waals surface area contributed by atoms with Crippen LogP contribution in [0.1, 0.15) is 10.5 Å². The highest BCUT2D eigenvalue weighted by molar-refractivity contribution is 6.30. The Bertz CT molecular complexity index is 599. The molecule has 0 radical (unpaired) electrons. The summed E-state index contributed by atoms with van der Waals surface area (Å²) in [4.78, 5) is 17.9. The van der Waals surface area contributed by atoms with Crippen molar-refractivity contribution in [3.05, 3.63) is 53.3 Å². The van der Waals surface area contributed by atoms with Crippen molar-refractivity contribution in [1.82, 2.24) is 4.98 Å². The lowest BCUT2D eigenvalue weighted by molar-refractivity contribution is 0.102. The molecule has 0 aliphatic carbocycles. The number of anilines is 2. The highest BCUT2D eigenvalue weighted by Gasteiger charge is 2.08. The average Bonchev–Trinajstić information content (AvgIpc) is 2.49. The summed E-state index contributed by atoms with van der Waals surface area (Å²) >= 11 is 5.73. The van der Waals surface area contributed by atoms with Gasteiger partial charge in [-0.3, -0.25) is 4.79 Å². The van der Waals surface area contributed by atoms with Crippen LogP contribution in [0.3, 0.4) is 0 Å². The molecule has 1 amide bonds. The first kappa shape index (κ1) is 15.3. The number of aliphatic hydroxyl groups is 1. The predicted octanol–water partition coefficient (Wildman–Crippen LogP) is 2.42. The Hall–Kier alpha value is -2.11. The van der Waals surface area contributed by atoms with Crippen molar-refractivity contribution in [1.29, 1.82) is 0 Å². The molecule has 21 heavy (non-hydrogen) atoms. The maximum absolute atomic E-state index is 12.0. The first-order valence-electron chi connectivity index (χ1n) is 6.45. The maximum Gasteiger partial charge on any atom is 0.274 e. The molecule has 1 heterocycles. The minimum atomic E-state index is -0.289. The highest BCUT2D eigenvalue weighted by Crippen LogP contribution is 2.17. The molecule has 0 saturated carbocycles. The van der Waals surface area contributed by atoms with Crippen molar-refractivity contribution in [3.63, 3.8) is 0 Å². The van der Waals surface area contributed by atoms with Crippen molar-refractivity contribution in [3.8, 4) is 0 Å². The number of rotatable bonds is 5. The van der Waals surface area contributed by atoms with Gasteiger partial charge in [0.25, 0.3) is 5.91 Å². The van der Waals surface area contributed by atoms with Crippen LogP contribution in [0.4, 0.5) is 11.4 Å². The van der Waals surface area contributed by atoms with E-state index in [1.807, 2.05) is 24.1 Å². The van der Waals surface area contributed by atoms with E-state index in [0.717, 1.165) is 5.69 Å². The number of likely N-dealkylation sites (N-methyl/N-ethyl adjacent to an activating group) is 1. The normalized spacial score (nSPS) is 10.2. The fourth-order valence-electron chi connectivity index (χ4n) is 1.78. The Kier molecular flexibility index (Phi) is 5.14. The number of carbonyl (C=O) groups excluding carboxylic acids is 1. The third-order valence-corrected chi connectivity index (χ3v) is 3.18. The molecular formula is C15H16ClN3O2. The average molecular weight is 306 g/mol. The number of aromatic nitrogens is 1. The van der Waals surface area contributed by atoms with E-state index in [2.05, 4.69) is 10.3 Å². The van der Waals surface area contributed by atoms with E-state index in [-0.39, 0.29) is 12.5 Å². The number of pyridine rings is 1. The Morgan fingerprint density at radius 2 is 2.00 bits per heavy atom.